The summed E-state index contributed by atoms with van der Waals surface area (Å²) in [5.74, 6) is 1.97. The highest BCUT2D eigenvalue weighted by molar-refractivity contribution is 7.98. The van der Waals surface area contributed by atoms with E-state index in [4.69, 9.17) is 0 Å². The molecule has 128 valence electrons. The van der Waals surface area contributed by atoms with Gasteiger partial charge in [0.2, 0.25) is 5.91 Å². The number of thioether (sulfide) groups is 1. The Morgan fingerprint density at radius 3 is 2.38 bits per heavy atom. The van der Waals surface area contributed by atoms with Crippen molar-refractivity contribution >= 4 is 23.6 Å². The van der Waals surface area contributed by atoms with Crippen LogP contribution < -0.4 is 5.32 Å². The highest BCUT2D eigenvalue weighted by Gasteiger charge is 2.67. The molecule has 3 fully saturated rings. The number of rotatable bonds is 6. The third-order valence-electron chi connectivity index (χ3n) is 6.25. The molecule has 4 nitrogen and oxygen atoms in total. The first-order valence-electron chi connectivity index (χ1n) is 8.74. The Bertz CT molecular complexity index is 643. The Kier molecular flexibility index (Phi) is 4.07. The van der Waals surface area contributed by atoms with Gasteiger partial charge in [-0.25, -0.2) is 0 Å². The minimum atomic E-state index is -0.884. The summed E-state index contributed by atoms with van der Waals surface area (Å²) in [6, 6.07) is 7.37. The van der Waals surface area contributed by atoms with Crippen molar-refractivity contribution in [2.75, 3.05) is 6.26 Å². The summed E-state index contributed by atoms with van der Waals surface area (Å²) in [5.41, 5.74) is 0.873. The lowest BCUT2D eigenvalue weighted by Gasteiger charge is -2.19. The quantitative estimate of drug-likeness (QED) is 0.776. The Balaban J connectivity index is 1.46. The second-order valence-electron chi connectivity index (χ2n) is 7.45. The van der Waals surface area contributed by atoms with E-state index in [1.165, 1.54) is 19.3 Å². The molecule has 5 heteroatoms. The number of carboxylic acid groups (broad SMARTS) is 1. The predicted octanol–water partition coefficient (Wildman–Crippen LogP) is 3.33. The van der Waals surface area contributed by atoms with Gasteiger partial charge in [0, 0.05) is 10.8 Å². The topological polar surface area (TPSA) is 66.4 Å². The number of carbonyl (C=O) groups is 2. The first-order chi connectivity index (χ1) is 11.6. The Morgan fingerprint density at radius 1 is 1.21 bits per heavy atom. The molecule has 0 heterocycles. The summed E-state index contributed by atoms with van der Waals surface area (Å²) in [6.45, 7) is 0. The fraction of sp³-hybridized carbons (Fsp3) is 0.579. The van der Waals surface area contributed by atoms with Crippen molar-refractivity contribution in [3.05, 3.63) is 29.8 Å². The largest absolute Gasteiger partial charge is 0.481 e. The smallest absolute Gasteiger partial charge is 0.305 e. The van der Waals surface area contributed by atoms with Crippen LogP contribution in [0, 0.1) is 29.6 Å². The average molecular weight is 345 g/mol. The molecule has 1 aromatic carbocycles. The molecule has 0 saturated heterocycles. The van der Waals surface area contributed by atoms with Gasteiger partial charge < -0.3 is 10.4 Å². The summed E-state index contributed by atoms with van der Waals surface area (Å²) in [5, 5.41) is 12.2. The Morgan fingerprint density at radius 2 is 1.83 bits per heavy atom. The summed E-state index contributed by atoms with van der Waals surface area (Å²) in [6.07, 6.45) is 5.81. The van der Waals surface area contributed by atoms with E-state index in [2.05, 4.69) is 5.32 Å². The van der Waals surface area contributed by atoms with Crippen molar-refractivity contribution in [1.82, 2.24) is 5.32 Å². The number of aliphatic carboxylic acids is 1. The average Bonchev–Trinajstić information content (AvgIpc) is 3.02. The van der Waals surface area contributed by atoms with E-state index in [0.29, 0.717) is 11.8 Å². The molecule has 0 radical (unpaired) electrons. The zero-order valence-electron chi connectivity index (χ0n) is 13.8. The maximum absolute atomic E-state index is 12.7. The van der Waals surface area contributed by atoms with Gasteiger partial charge in [0.05, 0.1) is 12.5 Å². The molecule has 0 spiro atoms. The van der Waals surface area contributed by atoms with Crippen LogP contribution in [0.2, 0.25) is 0 Å². The molecule has 1 aromatic rings. The van der Waals surface area contributed by atoms with Gasteiger partial charge in [-0.2, -0.15) is 0 Å². The second-order valence-corrected chi connectivity index (χ2v) is 8.33. The highest BCUT2D eigenvalue weighted by atomic mass is 32.2. The van der Waals surface area contributed by atoms with Crippen LogP contribution in [0.3, 0.4) is 0 Å². The molecule has 2 N–H and O–H groups in total. The van der Waals surface area contributed by atoms with E-state index < -0.39 is 12.0 Å². The van der Waals surface area contributed by atoms with Crippen LogP contribution in [0.1, 0.15) is 37.3 Å². The van der Waals surface area contributed by atoms with Crippen molar-refractivity contribution in [3.63, 3.8) is 0 Å². The molecule has 5 unspecified atom stereocenters. The van der Waals surface area contributed by atoms with Gasteiger partial charge in [0.1, 0.15) is 0 Å². The van der Waals surface area contributed by atoms with Crippen LogP contribution in [0.15, 0.2) is 29.2 Å². The number of benzene rings is 1. The molecule has 3 aliphatic carbocycles. The molecule has 0 aromatic heterocycles. The number of carbonyl (C=O) groups excluding carboxylic acids is 1. The van der Waals surface area contributed by atoms with E-state index in [1.54, 1.807) is 11.8 Å². The molecule has 5 atom stereocenters. The van der Waals surface area contributed by atoms with Crippen molar-refractivity contribution < 1.29 is 14.7 Å². The maximum atomic E-state index is 12.7. The van der Waals surface area contributed by atoms with Crippen molar-refractivity contribution in [2.45, 2.75) is 36.6 Å². The second kappa shape index (κ2) is 6.10. The van der Waals surface area contributed by atoms with Gasteiger partial charge in [-0.1, -0.05) is 12.1 Å². The normalized spacial score (nSPS) is 33.8. The first kappa shape index (κ1) is 16.0. The molecule has 1 amide bonds. The molecule has 3 saturated carbocycles. The lowest BCUT2D eigenvalue weighted by Crippen LogP contribution is -2.33. The van der Waals surface area contributed by atoms with E-state index in [1.807, 2.05) is 30.5 Å². The summed E-state index contributed by atoms with van der Waals surface area (Å²) in [7, 11) is 0. The number of nitrogens with one attached hydrogen (secondary N) is 1. The number of fused-ring (bicyclic) bond motifs is 5. The fourth-order valence-electron chi connectivity index (χ4n) is 5.21. The van der Waals surface area contributed by atoms with Crippen molar-refractivity contribution in [2.24, 2.45) is 29.6 Å². The zero-order chi connectivity index (χ0) is 16.8. The van der Waals surface area contributed by atoms with E-state index in [9.17, 15) is 14.7 Å². The molecule has 2 bridgehead atoms. The van der Waals surface area contributed by atoms with Crippen LogP contribution in [0.4, 0.5) is 0 Å². The molecular formula is C19H23NO3S. The van der Waals surface area contributed by atoms with Gasteiger partial charge in [0.15, 0.2) is 0 Å². The van der Waals surface area contributed by atoms with Crippen LogP contribution in [0.5, 0.6) is 0 Å². The minimum absolute atomic E-state index is 0.0702. The molecule has 4 rings (SSSR count). The van der Waals surface area contributed by atoms with Gasteiger partial charge in [-0.3, -0.25) is 9.59 Å². The number of hydrogen-bond acceptors (Lipinski definition) is 3. The standard InChI is InChI=1S/C19H23NO3S/c1-24-13-6-4-10(5-7-13)14(9-15(21)22)20-19(23)18-16-11-2-3-12(8-11)17(16)18/h4-7,11-12,14,16-18H,2-3,8-9H2,1H3,(H,20,23)(H,21,22). The van der Waals surface area contributed by atoms with E-state index in [0.717, 1.165) is 22.3 Å². The Hall–Kier alpha value is -1.49. The zero-order valence-corrected chi connectivity index (χ0v) is 14.6. The van der Waals surface area contributed by atoms with Gasteiger partial charge in [0.25, 0.3) is 0 Å². The SMILES string of the molecule is CSc1ccc(C(CC(=O)O)NC(=O)C2C3C4CCC(C4)C23)cc1. The van der Waals surface area contributed by atoms with E-state index >= 15 is 0 Å². The number of amides is 1. The lowest BCUT2D eigenvalue weighted by atomic mass is 10.00. The molecule has 3 aliphatic rings. The number of carboxylic acids is 1. The third-order valence-corrected chi connectivity index (χ3v) is 7.00. The fourth-order valence-corrected chi connectivity index (χ4v) is 5.61. The van der Waals surface area contributed by atoms with Crippen molar-refractivity contribution in [3.8, 4) is 0 Å². The molecule has 0 aliphatic heterocycles. The number of hydrogen-bond donors (Lipinski definition) is 2. The molecule has 24 heavy (non-hydrogen) atoms. The summed E-state index contributed by atoms with van der Waals surface area (Å²) >= 11 is 1.65. The maximum Gasteiger partial charge on any atom is 0.305 e. The highest BCUT2D eigenvalue weighted by Crippen LogP contribution is 2.69. The minimum Gasteiger partial charge on any atom is -0.481 e. The van der Waals surface area contributed by atoms with Gasteiger partial charge in [-0.05, 0) is 66.9 Å². The first-order valence-corrected chi connectivity index (χ1v) is 9.97. The predicted molar refractivity (Wildman–Crippen MR) is 92.7 cm³/mol. The lowest BCUT2D eigenvalue weighted by molar-refractivity contribution is -0.137. The third kappa shape index (κ3) is 2.73. The van der Waals surface area contributed by atoms with E-state index in [-0.39, 0.29) is 18.2 Å². The van der Waals surface area contributed by atoms with Crippen molar-refractivity contribution in [1.29, 1.82) is 0 Å². The van der Waals surface area contributed by atoms with Gasteiger partial charge in [-0.15, -0.1) is 11.8 Å². The van der Waals surface area contributed by atoms with Crippen LogP contribution in [-0.4, -0.2) is 23.2 Å². The van der Waals surface area contributed by atoms with Crippen LogP contribution in [-0.2, 0) is 9.59 Å². The Labute approximate surface area is 146 Å². The molecular weight excluding hydrogens is 322 g/mol. The monoisotopic (exact) mass is 345 g/mol. The summed E-state index contributed by atoms with van der Waals surface area (Å²) in [4.78, 5) is 25.1. The van der Waals surface area contributed by atoms with Crippen LogP contribution in [0.25, 0.3) is 0 Å². The van der Waals surface area contributed by atoms with Crippen LogP contribution >= 0.6 is 11.8 Å². The van der Waals surface area contributed by atoms with Gasteiger partial charge >= 0.3 is 5.97 Å². The summed E-state index contributed by atoms with van der Waals surface area (Å²) < 4.78 is 0.